The lowest BCUT2D eigenvalue weighted by atomic mass is 10.0. The van der Waals surface area contributed by atoms with Gasteiger partial charge in [-0.2, -0.15) is 13.2 Å². The fourth-order valence-corrected chi connectivity index (χ4v) is 4.50. The first-order valence-corrected chi connectivity index (χ1v) is 13.4. The fraction of sp³-hybridized carbons (Fsp3) is 0.226. The Morgan fingerprint density at radius 3 is 2.49 bits per heavy atom. The Bertz CT molecular complexity index is 1830. The Labute approximate surface area is 252 Å². The monoisotopic (exact) mass is 628 g/mol. The van der Waals surface area contributed by atoms with E-state index in [1.54, 1.807) is 16.7 Å². The molecule has 3 heterocycles. The van der Waals surface area contributed by atoms with E-state index in [1.807, 2.05) is 0 Å². The molecule has 0 unspecified atom stereocenters. The van der Waals surface area contributed by atoms with E-state index >= 15 is 8.78 Å². The lowest BCUT2D eigenvalue weighted by molar-refractivity contribution is -0.154. The smallest absolute Gasteiger partial charge is 0.422 e. The minimum atomic E-state index is -4.49. The topological polar surface area (TPSA) is 109 Å². The molecule has 0 aliphatic carbocycles. The first kappa shape index (κ1) is 31.3. The second-order valence-corrected chi connectivity index (χ2v) is 9.84. The number of aromatic nitrogens is 4. The molecule has 0 fully saturated rings. The maximum atomic E-state index is 15.4. The van der Waals surface area contributed by atoms with Gasteiger partial charge in [0.05, 0.1) is 28.9 Å². The number of carboxylic acids is 1. The van der Waals surface area contributed by atoms with Crippen molar-refractivity contribution < 1.29 is 46.1 Å². The molecule has 5 aromatic rings. The molecule has 0 radical (unpaired) electrons. The number of methoxy groups -OCH3 is 1. The lowest BCUT2D eigenvalue weighted by Crippen LogP contribution is -2.19. The highest BCUT2D eigenvalue weighted by Gasteiger charge is 2.28. The first-order valence-electron chi connectivity index (χ1n) is 13.4. The SMILES string of the molecule is COCCn1c(Cc2cc(F)c(-c3cccc(OCc4ccc(OCC(F)(F)F)nc4)n3)cc2F)nc2ccc(C(=O)O)cc21. The van der Waals surface area contributed by atoms with Gasteiger partial charge in [-0.1, -0.05) is 6.07 Å². The minimum absolute atomic E-state index is 0.0336. The summed E-state index contributed by atoms with van der Waals surface area (Å²) in [6.07, 6.45) is -3.27. The molecule has 0 atom stereocenters. The summed E-state index contributed by atoms with van der Waals surface area (Å²) < 4.78 is 84.8. The number of hydrogen-bond acceptors (Lipinski definition) is 7. The summed E-state index contributed by atoms with van der Waals surface area (Å²) in [5, 5.41) is 9.39. The molecule has 14 heteroatoms. The Morgan fingerprint density at radius 2 is 1.78 bits per heavy atom. The summed E-state index contributed by atoms with van der Waals surface area (Å²) in [5.74, 6) is -2.23. The van der Waals surface area contributed by atoms with Crippen molar-refractivity contribution in [1.82, 2.24) is 19.5 Å². The highest BCUT2D eigenvalue weighted by atomic mass is 19.4. The Hall–Kier alpha value is -5.11. The van der Waals surface area contributed by atoms with Gasteiger partial charge >= 0.3 is 12.1 Å². The molecule has 9 nitrogen and oxygen atoms in total. The molecule has 1 N–H and O–H groups in total. The van der Waals surface area contributed by atoms with E-state index in [0.29, 0.717) is 29.0 Å². The molecule has 0 saturated heterocycles. The van der Waals surface area contributed by atoms with E-state index in [4.69, 9.17) is 9.47 Å². The number of fused-ring (bicyclic) bond motifs is 1. The Morgan fingerprint density at radius 1 is 0.956 bits per heavy atom. The van der Waals surface area contributed by atoms with Crippen LogP contribution in [0.3, 0.4) is 0 Å². The highest BCUT2D eigenvalue weighted by Crippen LogP contribution is 2.28. The number of aromatic carboxylic acids is 1. The molecule has 3 aromatic heterocycles. The van der Waals surface area contributed by atoms with Crippen LogP contribution in [0, 0.1) is 11.6 Å². The van der Waals surface area contributed by atoms with Crippen LogP contribution in [0.2, 0.25) is 0 Å². The van der Waals surface area contributed by atoms with Crippen molar-refractivity contribution in [1.29, 1.82) is 0 Å². The standard InChI is InChI=1S/C31H25F5N4O5/c1-43-10-9-40-26-12-19(30(41)42)6-7-25(26)38-27(40)13-20-11-23(33)21(14-22(20)32)24-3-2-4-29(39-24)44-16-18-5-8-28(37-15-18)45-17-31(34,35)36/h2-8,11-12,14-15H,9-10,13,16-17H2,1H3,(H,41,42). The largest absolute Gasteiger partial charge is 0.478 e. The van der Waals surface area contributed by atoms with Crippen LogP contribution in [0.1, 0.15) is 27.3 Å². The van der Waals surface area contributed by atoms with Crippen LogP contribution < -0.4 is 9.47 Å². The van der Waals surface area contributed by atoms with Crippen molar-refractivity contribution in [2.24, 2.45) is 0 Å². The van der Waals surface area contributed by atoms with E-state index in [1.165, 1.54) is 49.7 Å². The number of carboxylic acid groups (broad SMARTS) is 1. The number of ether oxygens (including phenoxy) is 3. The van der Waals surface area contributed by atoms with Crippen LogP contribution >= 0.6 is 0 Å². The molecule has 0 bridgehead atoms. The number of hydrogen-bond donors (Lipinski definition) is 1. The number of benzene rings is 2. The quantitative estimate of drug-likeness (QED) is 0.162. The molecule has 0 aliphatic heterocycles. The van der Waals surface area contributed by atoms with Gasteiger partial charge in [0.2, 0.25) is 11.8 Å². The second kappa shape index (κ2) is 13.3. The molecule has 0 amide bonds. The van der Waals surface area contributed by atoms with Crippen molar-refractivity contribution in [2.45, 2.75) is 25.7 Å². The second-order valence-electron chi connectivity index (χ2n) is 9.84. The van der Waals surface area contributed by atoms with Gasteiger partial charge in [-0.3, -0.25) is 0 Å². The summed E-state index contributed by atoms with van der Waals surface area (Å²) in [6.45, 7) is -0.906. The van der Waals surface area contributed by atoms with Crippen molar-refractivity contribution in [2.75, 3.05) is 20.3 Å². The number of halogens is 5. The van der Waals surface area contributed by atoms with Gasteiger partial charge in [0.1, 0.15) is 24.1 Å². The van der Waals surface area contributed by atoms with E-state index in [9.17, 15) is 23.1 Å². The number of alkyl halides is 3. The summed E-state index contributed by atoms with van der Waals surface area (Å²) in [5.41, 5.74) is 1.65. The van der Waals surface area contributed by atoms with Crippen molar-refractivity contribution in [3.8, 4) is 23.0 Å². The van der Waals surface area contributed by atoms with Gasteiger partial charge in [-0.15, -0.1) is 0 Å². The van der Waals surface area contributed by atoms with Crippen LogP contribution in [-0.4, -0.2) is 57.1 Å². The predicted octanol–water partition coefficient (Wildman–Crippen LogP) is 6.23. The van der Waals surface area contributed by atoms with Gasteiger partial charge in [-0.25, -0.2) is 28.5 Å². The van der Waals surface area contributed by atoms with Gasteiger partial charge in [0.25, 0.3) is 0 Å². The average molecular weight is 629 g/mol. The van der Waals surface area contributed by atoms with Crippen LogP contribution in [0.5, 0.6) is 11.8 Å². The third-order valence-electron chi connectivity index (χ3n) is 6.65. The van der Waals surface area contributed by atoms with Crippen LogP contribution in [0.4, 0.5) is 22.0 Å². The van der Waals surface area contributed by atoms with Gasteiger partial charge in [0.15, 0.2) is 6.61 Å². The van der Waals surface area contributed by atoms with E-state index in [0.717, 1.165) is 12.1 Å². The Kier molecular flexibility index (Phi) is 9.23. The third-order valence-corrected chi connectivity index (χ3v) is 6.65. The summed E-state index contributed by atoms with van der Waals surface area (Å²) in [6, 6.07) is 13.9. The van der Waals surface area contributed by atoms with Crippen molar-refractivity contribution >= 4 is 17.0 Å². The summed E-state index contributed by atoms with van der Waals surface area (Å²) >= 11 is 0. The van der Waals surface area contributed by atoms with Crippen LogP contribution in [0.25, 0.3) is 22.3 Å². The molecule has 0 spiro atoms. The molecule has 2 aromatic carbocycles. The summed E-state index contributed by atoms with van der Waals surface area (Å²) in [7, 11) is 1.51. The minimum Gasteiger partial charge on any atom is -0.478 e. The normalized spacial score (nSPS) is 11.6. The van der Waals surface area contributed by atoms with Gasteiger partial charge in [-0.05, 0) is 48.0 Å². The fourth-order valence-electron chi connectivity index (χ4n) is 4.50. The van der Waals surface area contributed by atoms with E-state index in [-0.39, 0.29) is 53.8 Å². The van der Waals surface area contributed by atoms with E-state index < -0.39 is 30.4 Å². The van der Waals surface area contributed by atoms with E-state index in [2.05, 4.69) is 19.7 Å². The maximum absolute atomic E-state index is 15.4. The number of carbonyl (C=O) groups is 1. The molecule has 45 heavy (non-hydrogen) atoms. The Balaban J connectivity index is 1.32. The van der Waals surface area contributed by atoms with Crippen molar-refractivity contribution in [3.63, 3.8) is 0 Å². The first-order chi connectivity index (χ1) is 21.5. The highest BCUT2D eigenvalue weighted by molar-refractivity contribution is 5.92. The molecule has 234 valence electrons. The zero-order valence-corrected chi connectivity index (χ0v) is 23.6. The van der Waals surface area contributed by atoms with Crippen molar-refractivity contribution in [3.05, 3.63) is 101 Å². The number of pyridine rings is 2. The van der Waals surface area contributed by atoms with Crippen LogP contribution in [0.15, 0.2) is 66.9 Å². The number of rotatable bonds is 12. The van der Waals surface area contributed by atoms with Gasteiger partial charge in [0, 0.05) is 49.5 Å². The predicted molar refractivity (Wildman–Crippen MR) is 151 cm³/mol. The average Bonchev–Trinajstić information content (AvgIpc) is 3.35. The molecule has 0 aliphatic rings. The molecular formula is C31H25F5N4O5. The number of nitrogens with zero attached hydrogens (tertiary/aromatic N) is 4. The molecule has 0 saturated carbocycles. The zero-order valence-electron chi connectivity index (χ0n) is 23.6. The third kappa shape index (κ3) is 7.70. The van der Waals surface area contributed by atoms with Gasteiger partial charge < -0.3 is 23.9 Å². The molecular weight excluding hydrogens is 603 g/mol. The summed E-state index contributed by atoms with van der Waals surface area (Å²) in [4.78, 5) is 24.1. The van der Waals surface area contributed by atoms with Crippen LogP contribution in [-0.2, 0) is 24.3 Å². The zero-order chi connectivity index (χ0) is 32.1. The number of imidazole rings is 1. The lowest BCUT2D eigenvalue weighted by Gasteiger charge is -2.12. The maximum Gasteiger partial charge on any atom is 0.422 e. The molecule has 5 rings (SSSR count).